The van der Waals surface area contributed by atoms with Crippen molar-refractivity contribution in [1.29, 1.82) is 0 Å². The number of thioether (sulfide) groups is 1. The monoisotopic (exact) mass is 389 g/mol. The summed E-state index contributed by atoms with van der Waals surface area (Å²) >= 11 is 9.66. The molecule has 0 saturated heterocycles. The number of fused-ring (bicyclic) bond motifs is 2. The Morgan fingerprint density at radius 1 is 1.24 bits per heavy atom. The second-order valence-electron chi connectivity index (χ2n) is 5.82. The average molecular weight is 390 g/mol. The van der Waals surface area contributed by atoms with Gasteiger partial charge < -0.3 is 9.64 Å². The largest absolute Gasteiger partial charge is 0.494 e. The van der Waals surface area contributed by atoms with E-state index in [0.29, 0.717) is 6.61 Å². The SMILES string of the molecule is CCOc1ccc2c(c1)S/C(=C\c1sc3cc(Cl)ccc3[n+]1C)N2C. The Morgan fingerprint density at radius 3 is 2.88 bits per heavy atom. The van der Waals surface area contributed by atoms with Crippen LogP contribution in [0.3, 0.4) is 0 Å². The van der Waals surface area contributed by atoms with Crippen molar-refractivity contribution in [2.75, 3.05) is 18.6 Å². The molecule has 0 unspecified atom stereocenters. The first-order valence-corrected chi connectivity index (χ1v) is 10.1. The third kappa shape index (κ3) is 3.01. The molecule has 0 spiro atoms. The summed E-state index contributed by atoms with van der Waals surface area (Å²) in [5.74, 6) is 0.922. The molecule has 1 aliphatic rings. The molecule has 0 saturated carbocycles. The molecule has 0 fully saturated rings. The summed E-state index contributed by atoms with van der Waals surface area (Å²) in [5, 5.41) is 3.18. The van der Waals surface area contributed by atoms with Crippen LogP contribution >= 0.6 is 34.7 Å². The third-order valence-electron chi connectivity index (χ3n) is 4.22. The number of nitrogens with zero attached hydrogens (tertiary/aromatic N) is 2. The zero-order valence-corrected chi connectivity index (χ0v) is 16.6. The van der Waals surface area contributed by atoms with E-state index < -0.39 is 0 Å². The van der Waals surface area contributed by atoms with Gasteiger partial charge in [0.05, 0.1) is 23.4 Å². The Balaban J connectivity index is 1.72. The van der Waals surface area contributed by atoms with Crippen molar-refractivity contribution in [2.24, 2.45) is 7.05 Å². The molecule has 2 heterocycles. The maximum Gasteiger partial charge on any atom is 0.265 e. The van der Waals surface area contributed by atoms with Gasteiger partial charge in [-0.2, -0.15) is 4.57 Å². The van der Waals surface area contributed by atoms with Gasteiger partial charge in [-0.25, -0.2) is 0 Å². The standard InChI is InChI=1S/C19H18ClN2OS2/c1-4-23-13-6-8-15-17(10-13)25-19(22(15)3)11-18-21(2)14-7-5-12(20)9-16(14)24-18/h5-11H,4H2,1-3H3/q+1. The molecule has 0 aliphatic carbocycles. The predicted octanol–water partition coefficient (Wildman–Crippen LogP) is 5.32. The number of rotatable bonds is 3. The topological polar surface area (TPSA) is 16.4 Å². The third-order valence-corrected chi connectivity index (χ3v) is 6.75. The highest BCUT2D eigenvalue weighted by molar-refractivity contribution is 8.03. The lowest BCUT2D eigenvalue weighted by atomic mass is 10.3. The zero-order chi connectivity index (χ0) is 17.6. The fraction of sp³-hybridized carbons (Fsp3) is 0.211. The summed E-state index contributed by atoms with van der Waals surface area (Å²) in [5.41, 5.74) is 2.41. The second kappa shape index (κ2) is 6.56. The van der Waals surface area contributed by atoms with E-state index in [4.69, 9.17) is 16.3 Å². The Kier molecular flexibility index (Phi) is 4.40. The summed E-state index contributed by atoms with van der Waals surface area (Å²) < 4.78 is 9.04. The number of anilines is 1. The van der Waals surface area contributed by atoms with Crippen molar-refractivity contribution >= 4 is 56.7 Å². The molecule has 1 aromatic heterocycles. The average Bonchev–Trinajstić information content (AvgIpc) is 3.05. The van der Waals surface area contributed by atoms with Crippen LogP contribution in [0.4, 0.5) is 5.69 Å². The van der Waals surface area contributed by atoms with E-state index in [0.717, 1.165) is 10.8 Å². The van der Waals surface area contributed by atoms with Gasteiger partial charge in [-0.05, 0) is 37.3 Å². The van der Waals surface area contributed by atoms with Crippen LogP contribution in [0.25, 0.3) is 16.3 Å². The van der Waals surface area contributed by atoms with Crippen molar-refractivity contribution in [3.05, 3.63) is 51.5 Å². The molecule has 0 N–H and O–H groups in total. The molecule has 0 radical (unpaired) electrons. The summed E-state index contributed by atoms with van der Waals surface area (Å²) in [4.78, 5) is 3.46. The second-order valence-corrected chi connectivity index (χ2v) is 8.38. The fourth-order valence-corrected chi connectivity index (χ4v) is 5.47. The lowest BCUT2D eigenvalue weighted by molar-refractivity contribution is -0.642. The number of thiazole rings is 1. The van der Waals surface area contributed by atoms with Crippen LogP contribution in [0.2, 0.25) is 5.02 Å². The molecule has 4 rings (SSSR count). The van der Waals surface area contributed by atoms with Crippen LogP contribution in [0, 0.1) is 0 Å². The van der Waals surface area contributed by atoms with Gasteiger partial charge >= 0.3 is 0 Å². The highest BCUT2D eigenvalue weighted by Crippen LogP contribution is 2.47. The predicted molar refractivity (Wildman–Crippen MR) is 108 cm³/mol. The molecule has 2 aromatic carbocycles. The van der Waals surface area contributed by atoms with Crippen LogP contribution < -0.4 is 14.2 Å². The van der Waals surface area contributed by atoms with Gasteiger partial charge in [-0.1, -0.05) is 34.7 Å². The number of benzene rings is 2. The molecular formula is C19H18ClN2OS2+. The fourth-order valence-electron chi connectivity index (χ4n) is 2.91. The summed E-state index contributed by atoms with van der Waals surface area (Å²) in [6.07, 6.45) is 2.24. The Hall–Kier alpha value is -1.69. The highest BCUT2D eigenvalue weighted by atomic mass is 35.5. The summed E-state index contributed by atoms with van der Waals surface area (Å²) in [6.45, 7) is 2.69. The molecule has 25 heavy (non-hydrogen) atoms. The van der Waals surface area contributed by atoms with Crippen LogP contribution in [-0.2, 0) is 7.05 Å². The molecule has 1 aliphatic heterocycles. The van der Waals surface area contributed by atoms with Gasteiger partial charge in [0.2, 0.25) is 5.52 Å². The number of hydrogen-bond acceptors (Lipinski definition) is 4. The smallest absolute Gasteiger partial charge is 0.265 e. The van der Waals surface area contributed by atoms with Gasteiger partial charge in [0.25, 0.3) is 5.01 Å². The maximum atomic E-state index is 6.13. The minimum atomic E-state index is 0.683. The van der Waals surface area contributed by atoms with Crippen molar-refractivity contribution in [2.45, 2.75) is 11.8 Å². The number of aromatic nitrogens is 1. The molecule has 6 heteroatoms. The lowest BCUT2D eigenvalue weighted by Crippen LogP contribution is -2.29. The van der Waals surface area contributed by atoms with E-state index in [2.05, 4.69) is 47.8 Å². The van der Waals surface area contributed by atoms with E-state index in [-0.39, 0.29) is 0 Å². The molecule has 3 aromatic rings. The molecular weight excluding hydrogens is 372 g/mol. The van der Waals surface area contributed by atoms with Crippen molar-refractivity contribution < 1.29 is 9.30 Å². The normalized spacial score (nSPS) is 15.2. The minimum absolute atomic E-state index is 0.683. The molecule has 0 amide bonds. The van der Waals surface area contributed by atoms with E-state index in [1.807, 2.05) is 25.1 Å². The number of aryl methyl sites for hydroxylation is 1. The van der Waals surface area contributed by atoms with Crippen molar-refractivity contribution in [3.8, 4) is 5.75 Å². The first-order chi connectivity index (χ1) is 12.1. The van der Waals surface area contributed by atoms with Crippen LogP contribution in [0.1, 0.15) is 11.9 Å². The first-order valence-electron chi connectivity index (χ1n) is 8.05. The number of halogens is 1. The van der Waals surface area contributed by atoms with Gasteiger partial charge in [-0.15, -0.1) is 0 Å². The van der Waals surface area contributed by atoms with Gasteiger partial charge in [0.1, 0.15) is 17.5 Å². The summed E-state index contributed by atoms with van der Waals surface area (Å²) in [7, 11) is 4.20. The van der Waals surface area contributed by atoms with Crippen molar-refractivity contribution in [3.63, 3.8) is 0 Å². The molecule has 3 nitrogen and oxygen atoms in total. The first kappa shape index (κ1) is 16.8. The maximum absolute atomic E-state index is 6.13. The molecule has 0 bridgehead atoms. The summed E-state index contributed by atoms with van der Waals surface area (Å²) in [6, 6.07) is 12.3. The Morgan fingerprint density at radius 2 is 2.08 bits per heavy atom. The van der Waals surface area contributed by atoms with E-state index >= 15 is 0 Å². The lowest BCUT2D eigenvalue weighted by Gasteiger charge is -2.13. The Labute approximate surface area is 160 Å². The van der Waals surface area contributed by atoms with Crippen LogP contribution in [-0.4, -0.2) is 13.7 Å². The minimum Gasteiger partial charge on any atom is -0.494 e. The quantitative estimate of drug-likeness (QED) is 0.564. The zero-order valence-electron chi connectivity index (χ0n) is 14.2. The molecule has 0 atom stereocenters. The van der Waals surface area contributed by atoms with Crippen LogP contribution in [0.5, 0.6) is 5.75 Å². The van der Waals surface area contributed by atoms with Gasteiger partial charge in [0, 0.05) is 23.0 Å². The Bertz CT molecular complexity index is 996. The molecule has 128 valence electrons. The van der Waals surface area contributed by atoms with E-state index in [1.165, 1.54) is 30.8 Å². The van der Waals surface area contributed by atoms with Gasteiger partial charge in [0.15, 0.2) is 0 Å². The van der Waals surface area contributed by atoms with Crippen LogP contribution in [0.15, 0.2) is 46.3 Å². The number of hydrogen-bond donors (Lipinski definition) is 0. The number of ether oxygens (including phenoxy) is 1. The highest BCUT2D eigenvalue weighted by Gasteiger charge is 2.25. The van der Waals surface area contributed by atoms with E-state index in [1.54, 1.807) is 23.1 Å². The van der Waals surface area contributed by atoms with Gasteiger partial charge in [-0.3, -0.25) is 0 Å². The van der Waals surface area contributed by atoms with E-state index in [9.17, 15) is 0 Å². The van der Waals surface area contributed by atoms with Crippen molar-refractivity contribution in [1.82, 2.24) is 0 Å².